The minimum Gasteiger partial charge on any atom is -0.475 e. The van der Waals surface area contributed by atoms with Crippen LogP contribution in [0.3, 0.4) is 0 Å². The molecule has 11 nitrogen and oxygen atoms in total. The van der Waals surface area contributed by atoms with Gasteiger partial charge in [0.05, 0.1) is 47.7 Å². The van der Waals surface area contributed by atoms with Crippen molar-refractivity contribution >= 4 is 23.2 Å². The summed E-state index contributed by atoms with van der Waals surface area (Å²) in [4.78, 5) is 41.0. The molecule has 4 aliphatic heterocycles. The van der Waals surface area contributed by atoms with Gasteiger partial charge in [-0.2, -0.15) is 10.5 Å². The summed E-state index contributed by atoms with van der Waals surface area (Å²) in [6.07, 6.45) is 5.05. The minimum atomic E-state index is -0.333. The van der Waals surface area contributed by atoms with Crippen molar-refractivity contribution in [1.29, 1.82) is 10.5 Å². The lowest BCUT2D eigenvalue weighted by Crippen LogP contribution is -2.55. The SMILES string of the molecule is C=CC(=O)N1CCN(c2c(C#N)c(OC[C@@H]3CCCN3C)nc3c2CCN(c2cccc4c2C(=O)N(C)CC4)C3)C[C@@H]1CC#N. The molecule has 1 aromatic heterocycles. The largest absolute Gasteiger partial charge is 0.475 e. The van der Waals surface area contributed by atoms with Crippen molar-refractivity contribution in [1.82, 2.24) is 19.7 Å². The number of likely N-dealkylation sites (N-methyl/N-ethyl adjacent to an activating group) is 2. The highest BCUT2D eigenvalue weighted by atomic mass is 16.5. The van der Waals surface area contributed by atoms with E-state index in [-0.39, 0.29) is 30.3 Å². The van der Waals surface area contributed by atoms with Crippen LogP contribution in [-0.4, -0.2) is 104 Å². The second-order valence-corrected chi connectivity index (χ2v) is 12.4. The summed E-state index contributed by atoms with van der Waals surface area (Å²) in [5, 5.41) is 20.1. The maximum Gasteiger partial charge on any atom is 0.255 e. The summed E-state index contributed by atoms with van der Waals surface area (Å²) in [6, 6.07) is 10.6. The topological polar surface area (TPSA) is 120 Å². The molecule has 4 aliphatic rings. The summed E-state index contributed by atoms with van der Waals surface area (Å²) in [7, 11) is 3.94. The monoisotopic (exact) mass is 608 g/mol. The smallest absolute Gasteiger partial charge is 0.255 e. The fraction of sp³-hybridized carbons (Fsp3) is 0.500. The van der Waals surface area contributed by atoms with E-state index >= 15 is 0 Å². The third kappa shape index (κ3) is 5.69. The van der Waals surface area contributed by atoms with Crippen LogP contribution in [0.4, 0.5) is 11.4 Å². The predicted octanol–water partition coefficient (Wildman–Crippen LogP) is 2.73. The average molecular weight is 609 g/mol. The highest BCUT2D eigenvalue weighted by Crippen LogP contribution is 2.40. The number of carbonyl (C=O) groups is 2. The zero-order valence-electron chi connectivity index (χ0n) is 26.2. The molecule has 5 heterocycles. The number of amides is 2. The molecule has 0 unspecified atom stereocenters. The van der Waals surface area contributed by atoms with Crippen molar-refractivity contribution in [2.45, 2.75) is 50.7 Å². The lowest BCUT2D eigenvalue weighted by atomic mass is 9.94. The van der Waals surface area contributed by atoms with E-state index in [1.807, 2.05) is 25.2 Å². The molecule has 0 bridgehead atoms. The molecule has 0 aliphatic carbocycles. The first-order chi connectivity index (χ1) is 21.8. The second kappa shape index (κ2) is 12.8. The summed E-state index contributed by atoms with van der Waals surface area (Å²) in [5.74, 6) is 0.158. The molecular formula is C34H40N8O3. The molecule has 11 heteroatoms. The third-order valence-corrected chi connectivity index (χ3v) is 9.82. The Kier molecular flexibility index (Phi) is 8.64. The van der Waals surface area contributed by atoms with E-state index in [0.717, 1.165) is 59.6 Å². The van der Waals surface area contributed by atoms with E-state index in [1.54, 1.807) is 9.80 Å². The van der Waals surface area contributed by atoms with E-state index in [1.165, 1.54) is 6.08 Å². The van der Waals surface area contributed by atoms with Gasteiger partial charge in [0.25, 0.3) is 5.91 Å². The Bertz CT molecular complexity index is 1590. The number of fused-ring (bicyclic) bond motifs is 2. The number of anilines is 2. The zero-order chi connectivity index (χ0) is 31.7. The summed E-state index contributed by atoms with van der Waals surface area (Å²) in [5.41, 5.74) is 5.72. The van der Waals surface area contributed by atoms with Gasteiger partial charge in [-0.15, -0.1) is 0 Å². The van der Waals surface area contributed by atoms with Crippen molar-refractivity contribution in [3.63, 3.8) is 0 Å². The Balaban J connectivity index is 1.39. The molecule has 0 N–H and O–H groups in total. The Morgan fingerprint density at radius 1 is 1.11 bits per heavy atom. The first-order valence-corrected chi connectivity index (χ1v) is 15.8. The fourth-order valence-electron chi connectivity index (χ4n) is 7.29. The number of ether oxygens (including phenoxy) is 1. The predicted molar refractivity (Wildman–Crippen MR) is 170 cm³/mol. The number of nitriles is 2. The lowest BCUT2D eigenvalue weighted by molar-refractivity contribution is -0.128. The van der Waals surface area contributed by atoms with E-state index in [9.17, 15) is 20.1 Å². The number of carbonyl (C=O) groups excluding carboxylic acids is 2. The van der Waals surface area contributed by atoms with E-state index < -0.39 is 0 Å². The van der Waals surface area contributed by atoms with Crippen LogP contribution in [0.1, 0.15) is 52.0 Å². The summed E-state index contributed by atoms with van der Waals surface area (Å²) >= 11 is 0. The molecule has 0 saturated carbocycles. The molecular weight excluding hydrogens is 568 g/mol. The standard InChI is InChI=1S/C34H40N8O3/c1-4-30(43)42-18-17-41(20-24(42)10-13-35)32-26-12-16-40(29-9-5-7-23-11-15-39(3)34(44)31(23)29)21-28(26)37-33(27(32)19-36)45-22-25-8-6-14-38(25)2/h4-5,7,9,24-25H,1,6,8,10-12,14-18,20-22H2,2-3H3/t24-,25-/m0/s1. The number of hydrogen-bond acceptors (Lipinski definition) is 9. The van der Waals surface area contributed by atoms with E-state index in [4.69, 9.17) is 9.72 Å². The number of benzene rings is 1. The van der Waals surface area contributed by atoms with Crippen molar-refractivity contribution in [2.75, 3.05) is 69.8 Å². The van der Waals surface area contributed by atoms with Gasteiger partial charge >= 0.3 is 0 Å². The van der Waals surface area contributed by atoms with Crippen LogP contribution in [0.15, 0.2) is 30.9 Å². The van der Waals surface area contributed by atoms with Crippen LogP contribution in [0, 0.1) is 22.7 Å². The van der Waals surface area contributed by atoms with Gasteiger partial charge in [0.2, 0.25) is 11.8 Å². The molecule has 45 heavy (non-hydrogen) atoms. The lowest BCUT2D eigenvalue weighted by Gasteiger charge is -2.43. The molecule has 6 rings (SSSR count). The normalized spacial score (nSPS) is 21.6. The number of piperazine rings is 1. The molecule has 2 aromatic rings. The van der Waals surface area contributed by atoms with Gasteiger partial charge < -0.3 is 29.2 Å². The number of aromatic nitrogens is 1. The molecule has 2 fully saturated rings. The fourth-order valence-corrected chi connectivity index (χ4v) is 7.29. The molecule has 2 atom stereocenters. The number of nitrogens with zero attached hydrogens (tertiary/aromatic N) is 8. The van der Waals surface area contributed by atoms with Gasteiger partial charge in [0, 0.05) is 51.4 Å². The summed E-state index contributed by atoms with van der Waals surface area (Å²) < 4.78 is 6.38. The molecule has 1 aromatic carbocycles. The molecule has 0 radical (unpaired) electrons. The molecule has 0 spiro atoms. The van der Waals surface area contributed by atoms with Crippen LogP contribution in [0.25, 0.3) is 0 Å². The highest BCUT2D eigenvalue weighted by Gasteiger charge is 2.36. The van der Waals surface area contributed by atoms with Gasteiger partial charge in [-0.25, -0.2) is 4.98 Å². The van der Waals surface area contributed by atoms with Crippen molar-refractivity contribution in [3.8, 4) is 18.0 Å². The first kappa shape index (κ1) is 30.4. The Morgan fingerprint density at radius 3 is 2.69 bits per heavy atom. The molecule has 2 amide bonds. The van der Waals surface area contributed by atoms with Crippen molar-refractivity contribution < 1.29 is 14.3 Å². The minimum absolute atomic E-state index is 0.0336. The Hall–Kier alpha value is -4.61. The van der Waals surface area contributed by atoms with Gasteiger partial charge in [0.1, 0.15) is 18.2 Å². The van der Waals surface area contributed by atoms with Crippen LogP contribution >= 0.6 is 0 Å². The van der Waals surface area contributed by atoms with Gasteiger partial charge in [-0.3, -0.25) is 9.59 Å². The zero-order valence-corrected chi connectivity index (χ0v) is 26.2. The Labute approximate surface area is 264 Å². The number of rotatable bonds is 7. The van der Waals surface area contributed by atoms with Crippen LogP contribution < -0.4 is 14.5 Å². The van der Waals surface area contributed by atoms with E-state index in [2.05, 4.69) is 40.5 Å². The van der Waals surface area contributed by atoms with Gasteiger partial charge in [0.15, 0.2) is 0 Å². The van der Waals surface area contributed by atoms with Crippen LogP contribution in [-0.2, 0) is 24.2 Å². The quantitative estimate of drug-likeness (QED) is 0.437. The second-order valence-electron chi connectivity index (χ2n) is 12.4. The number of pyridine rings is 1. The average Bonchev–Trinajstić information content (AvgIpc) is 3.48. The maximum absolute atomic E-state index is 13.3. The third-order valence-electron chi connectivity index (χ3n) is 9.82. The summed E-state index contributed by atoms with van der Waals surface area (Å²) in [6.45, 7) is 8.26. The number of likely N-dealkylation sites (tertiary alicyclic amines) is 1. The van der Waals surface area contributed by atoms with E-state index in [0.29, 0.717) is 63.7 Å². The maximum atomic E-state index is 13.3. The van der Waals surface area contributed by atoms with Crippen LogP contribution in [0.5, 0.6) is 5.88 Å². The molecule has 2 saturated heterocycles. The van der Waals surface area contributed by atoms with Crippen LogP contribution in [0.2, 0.25) is 0 Å². The highest BCUT2D eigenvalue weighted by molar-refractivity contribution is 6.02. The van der Waals surface area contributed by atoms with Gasteiger partial charge in [-0.1, -0.05) is 18.7 Å². The Morgan fingerprint density at radius 2 is 1.96 bits per heavy atom. The first-order valence-electron chi connectivity index (χ1n) is 15.8. The van der Waals surface area contributed by atoms with Crippen molar-refractivity contribution in [3.05, 3.63) is 58.8 Å². The van der Waals surface area contributed by atoms with Gasteiger partial charge in [-0.05, 0) is 57.0 Å². The van der Waals surface area contributed by atoms with Crippen molar-refractivity contribution in [2.24, 2.45) is 0 Å². The number of hydrogen-bond donors (Lipinski definition) is 0. The molecule has 234 valence electrons.